The molecule has 0 aromatic rings. The van der Waals surface area contributed by atoms with Crippen LogP contribution >= 0.6 is 0 Å². The number of unbranched alkanes of at least 4 members (excludes halogenated alkanes) is 1. The zero-order chi connectivity index (χ0) is 17.0. The van der Waals surface area contributed by atoms with Gasteiger partial charge in [0.2, 0.25) is 0 Å². The summed E-state index contributed by atoms with van der Waals surface area (Å²) >= 11 is 0. The molecule has 0 atom stereocenters. The summed E-state index contributed by atoms with van der Waals surface area (Å²) in [6, 6.07) is 0. The van der Waals surface area contributed by atoms with Gasteiger partial charge in [0.25, 0.3) is 10.1 Å². The van der Waals surface area contributed by atoms with E-state index in [4.69, 9.17) is 0 Å². The van der Waals surface area contributed by atoms with Crippen LogP contribution in [0.25, 0.3) is 0 Å². The van der Waals surface area contributed by atoms with Crippen LogP contribution in [0.4, 0.5) is 13.2 Å². The van der Waals surface area contributed by atoms with Crippen molar-refractivity contribution in [3.05, 3.63) is 12.4 Å². The number of hydrogen-bond acceptors (Lipinski definition) is 7. The lowest BCUT2D eigenvalue weighted by atomic mass is 10.3. The van der Waals surface area contributed by atoms with Gasteiger partial charge >= 0.3 is 15.6 Å². The highest BCUT2D eigenvalue weighted by Crippen LogP contribution is 2.26. The predicted molar refractivity (Wildman–Crippen MR) is 72.2 cm³/mol. The average Bonchev–Trinajstić information content (AvgIpc) is 2.80. The Morgan fingerprint density at radius 1 is 1.09 bits per heavy atom. The number of hydrogen-bond donors (Lipinski definition) is 0. The molecule has 0 unspecified atom stereocenters. The van der Waals surface area contributed by atoms with E-state index in [0.717, 1.165) is 6.54 Å². The van der Waals surface area contributed by atoms with Crippen LogP contribution in [0.1, 0.15) is 19.8 Å². The number of halogens is 3. The van der Waals surface area contributed by atoms with Gasteiger partial charge in [-0.05, 0) is 19.8 Å². The second-order valence-electron chi connectivity index (χ2n) is 4.59. The van der Waals surface area contributed by atoms with Crippen molar-refractivity contribution in [3.8, 4) is 0 Å². The molecule has 1 aliphatic heterocycles. The summed E-state index contributed by atoms with van der Waals surface area (Å²) in [6.07, 6.45) is 4.06. The summed E-state index contributed by atoms with van der Waals surface area (Å²) in [5.74, 6) is -0.794. The summed E-state index contributed by atoms with van der Waals surface area (Å²) in [5.41, 5.74) is -5.76. The fourth-order valence-corrected chi connectivity index (χ4v) is 3.90. The molecule has 0 aliphatic carbocycles. The van der Waals surface area contributed by atoms with Gasteiger partial charge in [0.05, 0.1) is 12.4 Å². The Balaban J connectivity index is 2.37. The van der Waals surface area contributed by atoms with E-state index < -0.39 is 31.5 Å². The lowest BCUT2D eigenvalue weighted by Crippen LogP contribution is -2.29. The van der Waals surface area contributed by atoms with Gasteiger partial charge in [-0.1, -0.05) is 0 Å². The molecule has 12 heteroatoms. The monoisotopic (exact) mass is 366 g/mol. The van der Waals surface area contributed by atoms with E-state index in [1.54, 1.807) is 0 Å². The Morgan fingerprint density at radius 2 is 1.68 bits per heavy atom. The summed E-state index contributed by atoms with van der Waals surface area (Å²) in [5, 5.41) is 0. The normalized spacial score (nSPS) is 16.5. The highest BCUT2D eigenvalue weighted by molar-refractivity contribution is 8.00. The van der Waals surface area contributed by atoms with Gasteiger partial charge in [-0.2, -0.15) is 30.0 Å². The first-order valence-electron chi connectivity index (χ1n) is 6.38. The Kier molecular flexibility index (Phi) is 6.10. The summed E-state index contributed by atoms with van der Waals surface area (Å²) in [6.45, 7) is 3.96. The highest BCUT2D eigenvalue weighted by atomic mass is 32.3. The fraction of sp³-hybridized carbons (Fsp3) is 0.800. The van der Waals surface area contributed by atoms with Gasteiger partial charge in [-0.25, -0.2) is 0 Å². The molecule has 0 aromatic heterocycles. The molecule has 1 rings (SSSR count). The van der Waals surface area contributed by atoms with Crippen LogP contribution in [-0.4, -0.2) is 57.7 Å². The molecule has 7 nitrogen and oxygen atoms in total. The van der Waals surface area contributed by atoms with E-state index in [1.165, 1.54) is 0 Å². The average molecular weight is 366 g/mol. The minimum Gasteiger partial charge on any atom is -0.359 e. The minimum atomic E-state index is -6.14. The summed E-state index contributed by atoms with van der Waals surface area (Å²) < 4.78 is 83.1. The molecular weight excluding hydrogens is 349 g/mol. The molecule has 0 aromatic carbocycles. The topological polar surface area (TPSA) is 84.0 Å². The summed E-state index contributed by atoms with van der Waals surface area (Å²) in [4.78, 5) is 3.92. The van der Waals surface area contributed by atoms with E-state index in [9.17, 15) is 30.0 Å². The van der Waals surface area contributed by atoms with Crippen molar-refractivity contribution >= 4 is 20.2 Å². The van der Waals surface area contributed by atoms with E-state index >= 15 is 0 Å². The van der Waals surface area contributed by atoms with Crippen molar-refractivity contribution in [2.45, 2.75) is 25.3 Å². The fourth-order valence-electron chi connectivity index (χ4n) is 1.67. The lowest BCUT2D eigenvalue weighted by Gasteiger charge is -2.19. The third kappa shape index (κ3) is 5.65. The third-order valence-corrected chi connectivity index (χ3v) is 5.73. The van der Waals surface area contributed by atoms with Crippen molar-refractivity contribution in [2.75, 3.05) is 25.5 Å². The van der Waals surface area contributed by atoms with Gasteiger partial charge in [0.1, 0.15) is 0 Å². The van der Waals surface area contributed by atoms with Gasteiger partial charge in [-0.3, -0.25) is 0 Å². The van der Waals surface area contributed by atoms with Crippen molar-refractivity contribution in [2.24, 2.45) is 0 Å². The van der Waals surface area contributed by atoms with Crippen molar-refractivity contribution < 1.29 is 33.6 Å². The van der Waals surface area contributed by atoms with Crippen LogP contribution < -0.4 is 0 Å². The van der Waals surface area contributed by atoms with Gasteiger partial charge in [-0.15, -0.1) is 3.63 Å². The number of nitrogens with zero attached hydrogens (tertiary/aromatic N) is 2. The van der Waals surface area contributed by atoms with Crippen LogP contribution in [-0.2, 0) is 23.9 Å². The number of rotatable bonds is 8. The second kappa shape index (κ2) is 7.04. The van der Waals surface area contributed by atoms with Gasteiger partial charge < -0.3 is 9.80 Å². The second-order valence-corrected chi connectivity index (χ2v) is 8.03. The molecule has 1 heterocycles. The quantitative estimate of drug-likeness (QED) is 0.469. The predicted octanol–water partition coefficient (Wildman–Crippen LogP) is 1.03. The largest absolute Gasteiger partial charge is 0.524 e. The Morgan fingerprint density at radius 3 is 2.18 bits per heavy atom. The molecule has 0 bridgehead atoms. The maximum atomic E-state index is 12.0. The molecule has 0 radical (unpaired) electrons. The van der Waals surface area contributed by atoms with E-state index in [0.29, 0.717) is 19.6 Å². The molecule has 0 N–H and O–H groups in total. The molecular formula is C10H17F3N2O5S2. The Bertz CT molecular complexity index is 601. The van der Waals surface area contributed by atoms with Crippen LogP contribution in [0.15, 0.2) is 12.4 Å². The van der Waals surface area contributed by atoms with Crippen molar-refractivity contribution in [1.29, 1.82) is 0 Å². The summed E-state index contributed by atoms with van der Waals surface area (Å²) in [7, 11) is -10.9. The maximum absolute atomic E-state index is 12.0. The molecule has 0 saturated heterocycles. The van der Waals surface area contributed by atoms with Gasteiger partial charge in [0.15, 0.2) is 0 Å². The Labute approximate surface area is 127 Å². The first kappa shape index (κ1) is 19.0. The molecule has 0 fully saturated rings. The van der Waals surface area contributed by atoms with E-state index in [1.807, 2.05) is 29.1 Å². The van der Waals surface area contributed by atoms with Crippen molar-refractivity contribution in [3.63, 3.8) is 0 Å². The maximum Gasteiger partial charge on any atom is 0.524 e. The number of alkyl halides is 3. The van der Waals surface area contributed by atoms with E-state index in [-0.39, 0.29) is 6.42 Å². The van der Waals surface area contributed by atoms with Crippen molar-refractivity contribution in [1.82, 2.24) is 9.80 Å². The lowest BCUT2D eigenvalue weighted by molar-refractivity contribution is -0.0498. The standard InChI is InChI=1S/C10H17F3N2O5S2/c1-2-14-6-7-15(9-14)5-3-4-8-21(16,17)20-22(18,19)10(11,12)13/h6-7H,2-5,8-9H2,1H3. The smallest absolute Gasteiger partial charge is 0.359 e. The molecule has 0 spiro atoms. The Hall–Kier alpha value is -1.01. The SMILES string of the molecule is CCN1C=CN(CCCCS(=O)(=O)OS(=O)(=O)C(F)(F)F)C1. The molecule has 22 heavy (non-hydrogen) atoms. The molecule has 1 aliphatic rings. The zero-order valence-corrected chi connectivity index (χ0v) is 13.4. The van der Waals surface area contributed by atoms with Crippen LogP contribution in [0.5, 0.6) is 0 Å². The van der Waals surface area contributed by atoms with Crippen LogP contribution in [0, 0.1) is 0 Å². The molecule has 0 saturated carbocycles. The minimum absolute atomic E-state index is 0.00776. The first-order chi connectivity index (χ1) is 9.97. The van der Waals surface area contributed by atoms with Gasteiger partial charge in [0, 0.05) is 25.5 Å². The molecule has 0 amide bonds. The van der Waals surface area contributed by atoms with Crippen LogP contribution in [0.3, 0.4) is 0 Å². The third-order valence-electron chi connectivity index (χ3n) is 2.82. The highest BCUT2D eigenvalue weighted by Gasteiger charge is 2.50. The molecule has 130 valence electrons. The van der Waals surface area contributed by atoms with Crippen LogP contribution in [0.2, 0.25) is 0 Å². The van der Waals surface area contributed by atoms with E-state index in [2.05, 4.69) is 3.63 Å². The first-order valence-corrected chi connectivity index (χ1v) is 9.37. The zero-order valence-electron chi connectivity index (χ0n) is 11.8.